The van der Waals surface area contributed by atoms with Crippen LogP contribution in [0.3, 0.4) is 0 Å². The van der Waals surface area contributed by atoms with E-state index in [0.29, 0.717) is 6.54 Å². The topological polar surface area (TPSA) is 33.7 Å². The number of nitrogens with zero attached hydrogens (tertiary/aromatic N) is 1. The zero-order valence-electron chi connectivity index (χ0n) is 16.4. The number of hydrogen-bond acceptors (Lipinski definition) is 5. The molecule has 0 bridgehead atoms. The standard InChI is InChI=1S/C22H24F2N2O2S.ClH/c23-22(24)28-20-8-7-16-4-1-2-5-17(16)18(20)14-25-15-19(21-6-3-13-29-21)26-9-11-27-12-10-26;/h1-8,13,19,22,25H,9-12,14-15H2;1H. The van der Waals surface area contributed by atoms with Gasteiger partial charge in [-0.25, -0.2) is 0 Å². The third-order valence-electron chi connectivity index (χ3n) is 5.21. The summed E-state index contributed by atoms with van der Waals surface area (Å²) in [6.45, 7) is 1.57. The summed E-state index contributed by atoms with van der Waals surface area (Å²) in [7, 11) is 0. The highest BCUT2D eigenvalue weighted by Gasteiger charge is 2.23. The van der Waals surface area contributed by atoms with Crippen molar-refractivity contribution in [1.82, 2.24) is 10.2 Å². The second-order valence-electron chi connectivity index (χ2n) is 6.95. The van der Waals surface area contributed by atoms with Crippen LogP contribution in [-0.4, -0.2) is 44.4 Å². The van der Waals surface area contributed by atoms with Gasteiger partial charge in [-0.05, 0) is 28.3 Å². The van der Waals surface area contributed by atoms with Gasteiger partial charge in [-0.15, -0.1) is 23.7 Å². The molecule has 1 aliphatic heterocycles. The predicted octanol–water partition coefficient (Wildman–Crippen LogP) is 5.09. The monoisotopic (exact) mass is 454 g/mol. The third-order valence-corrected chi connectivity index (χ3v) is 6.18. The van der Waals surface area contributed by atoms with Crippen LogP contribution in [0.4, 0.5) is 8.78 Å². The largest absolute Gasteiger partial charge is 0.434 e. The lowest BCUT2D eigenvalue weighted by atomic mass is 10.0. The van der Waals surface area contributed by atoms with Crippen molar-refractivity contribution in [2.24, 2.45) is 0 Å². The van der Waals surface area contributed by atoms with Crippen molar-refractivity contribution in [3.8, 4) is 5.75 Å². The number of thiophene rings is 1. The first-order chi connectivity index (χ1) is 14.2. The summed E-state index contributed by atoms with van der Waals surface area (Å²) in [5.41, 5.74) is 0.760. The molecule has 162 valence electrons. The minimum atomic E-state index is -2.85. The zero-order chi connectivity index (χ0) is 20.1. The van der Waals surface area contributed by atoms with Crippen LogP contribution in [0.25, 0.3) is 10.8 Å². The normalized spacial score (nSPS) is 15.8. The summed E-state index contributed by atoms with van der Waals surface area (Å²) in [6.07, 6.45) is 0. The second-order valence-corrected chi connectivity index (χ2v) is 7.93. The molecule has 3 aromatic rings. The van der Waals surface area contributed by atoms with Crippen LogP contribution in [0.2, 0.25) is 0 Å². The molecule has 1 N–H and O–H groups in total. The molecular formula is C22H25ClF2N2O2S. The van der Waals surface area contributed by atoms with Gasteiger partial charge in [0.05, 0.1) is 19.3 Å². The molecule has 4 nitrogen and oxygen atoms in total. The molecule has 1 saturated heterocycles. The van der Waals surface area contributed by atoms with Gasteiger partial charge < -0.3 is 14.8 Å². The Morgan fingerprint density at radius 2 is 1.87 bits per heavy atom. The van der Waals surface area contributed by atoms with Gasteiger partial charge in [0.25, 0.3) is 0 Å². The van der Waals surface area contributed by atoms with Gasteiger partial charge >= 0.3 is 6.61 Å². The van der Waals surface area contributed by atoms with Crippen LogP contribution in [0.5, 0.6) is 5.75 Å². The van der Waals surface area contributed by atoms with Crippen LogP contribution in [-0.2, 0) is 11.3 Å². The Labute approximate surface area is 185 Å². The summed E-state index contributed by atoms with van der Waals surface area (Å²) in [6, 6.07) is 15.7. The van der Waals surface area contributed by atoms with Crippen molar-refractivity contribution >= 4 is 34.5 Å². The van der Waals surface area contributed by atoms with E-state index in [1.54, 1.807) is 17.4 Å². The van der Waals surface area contributed by atoms with E-state index >= 15 is 0 Å². The fourth-order valence-corrected chi connectivity index (χ4v) is 4.68. The fraction of sp³-hybridized carbons (Fsp3) is 0.364. The number of ether oxygens (including phenoxy) is 2. The molecule has 1 aliphatic rings. The molecule has 30 heavy (non-hydrogen) atoms. The van der Waals surface area contributed by atoms with Crippen LogP contribution >= 0.6 is 23.7 Å². The molecule has 1 atom stereocenters. The van der Waals surface area contributed by atoms with Crippen LogP contribution < -0.4 is 10.1 Å². The predicted molar refractivity (Wildman–Crippen MR) is 119 cm³/mol. The number of halogens is 3. The lowest BCUT2D eigenvalue weighted by Crippen LogP contribution is -2.42. The Bertz CT molecular complexity index is 921. The Morgan fingerprint density at radius 1 is 1.07 bits per heavy atom. The first-order valence-electron chi connectivity index (χ1n) is 9.74. The van der Waals surface area contributed by atoms with Crippen molar-refractivity contribution in [3.63, 3.8) is 0 Å². The molecule has 2 aromatic carbocycles. The van der Waals surface area contributed by atoms with Gasteiger partial charge in [0.2, 0.25) is 0 Å². The molecule has 1 aromatic heterocycles. The summed E-state index contributed by atoms with van der Waals surface area (Å²) >= 11 is 1.74. The van der Waals surface area contributed by atoms with Crippen molar-refractivity contribution in [3.05, 3.63) is 64.4 Å². The molecule has 0 amide bonds. The molecule has 8 heteroatoms. The van der Waals surface area contributed by atoms with E-state index in [1.165, 1.54) is 4.88 Å². The molecule has 0 aliphatic carbocycles. The highest BCUT2D eigenvalue weighted by Crippen LogP contribution is 2.30. The molecule has 0 radical (unpaired) electrons. The lowest BCUT2D eigenvalue weighted by molar-refractivity contribution is -0.0503. The Hall–Kier alpha value is -1.77. The maximum Gasteiger partial charge on any atom is 0.387 e. The van der Waals surface area contributed by atoms with Crippen molar-refractivity contribution in [2.75, 3.05) is 32.8 Å². The average Bonchev–Trinajstić information content (AvgIpc) is 3.27. The van der Waals surface area contributed by atoms with E-state index in [1.807, 2.05) is 30.3 Å². The van der Waals surface area contributed by atoms with E-state index in [9.17, 15) is 8.78 Å². The Balaban J connectivity index is 0.00000256. The van der Waals surface area contributed by atoms with Crippen molar-refractivity contribution in [1.29, 1.82) is 0 Å². The van der Waals surface area contributed by atoms with Crippen molar-refractivity contribution < 1.29 is 18.3 Å². The van der Waals surface area contributed by atoms with Gasteiger partial charge in [0.1, 0.15) is 5.75 Å². The third kappa shape index (κ3) is 5.47. The molecule has 0 saturated carbocycles. The van der Waals surface area contributed by atoms with Crippen molar-refractivity contribution in [2.45, 2.75) is 19.2 Å². The number of hydrogen-bond donors (Lipinski definition) is 1. The molecular weight excluding hydrogens is 430 g/mol. The molecule has 4 rings (SSSR count). The first kappa shape index (κ1) is 22.9. The van der Waals surface area contributed by atoms with Crippen LogP contribution in [0.1, 0.15) is 16.5 Å². The zero-order valence-corrected chi connectivity index (χ0v) is 18.1. The number of fused-ring (bicyclic) bond motifs is 1. The van der Waals surface area contributed by atoms with Crippen LogP contribution in [0, 0.1) is 0 Å². The molecule has 1 unspecified atom stereocenters. The summed E-state index contributed by atoms with van der Waals surface area (Å²) in [5, 5.41) is 7.51. The molecule has 0 spiro atoms. The maximum absolute atomic E-state index is 12.9. The van der Waals surface area contributed by atoms with E-state index in [0.717, 1.165) is 49.2 Å². The van der Waals surface area contributed by atoms with E-state index in [2.05, 4.69) is 27.7 Å². The summed E-state index contributed by atoms with van der Waals surface area (Å²) < 4.78 is 36.1. The summed E-state index contributed by atoms with van der Waals surface area (Å²) in [4.78, 5) is 3.71. The Morgan fingerprint density at radius 3 is 2.60 bits per heavy atom. The first-order valence-corrected chi connectivity index (χ1v) is 10.6. The number of benzene rings is 2. The van der Waals surface area contributed by atoms with Gasteiger partial charge in [-0.3, -0.25) is 4.90 Å². The van der Waals surface area contributed by atoms with E-state index in [-0.39, 0.29) is 24.2 Å². The highest BCUT2D eigenvalue weighted by molar-refractivity contribution is 7.10. The van der Waals surface area contributed by atoms with Gasteiger partial charge in [-0.2, -0.15) is 8.78 Å². The average molecular weight is 455 g/mol. The number of alkyl halides is 2. The fourth-order valence-electron chi connectivity index (χ4n) is 3.82. The highest BCUT2D eigenvalue weighted by atomic mass is 35.5. The molecule has 1 fully saturated rings. The second kappa shape index (κ2) is 11.0. The number of morpholine rings is 1. The SMILES string of the molecule is Cl.FC(F)Oc1ccc2ccccc2c1CNCC(c1cccs1)N1CCOCC1. The Kier molecular flexibility index (Phi) is 8.41. The quantitative estimate of drug-likeness (QED) is 0.514. The summed E-state index contributed by atoms with van der Waals surface area (Å²) in [5.74, 6) is 0.227. The van der Waals surface area contributed by atoms with E-state index in [4.69, 9.17) is 9.47 Å². The number of rotatable bonds is 8. The minimum Gasteiger partial charge on any atom is -0.434 e. The minimum absolute atomic E-state index is 0. The van der Waals surface area contributed by atoms with Gasteiger partial charge in [0.15, 0.2) is 0 Å². The van der Waals surface area contributed by atoms with Gasteiger partial charge in [0, 0.05) is 36.6 Å². The lowest BCUT2D eigenvalue weighted by Gasteiger charge is -2.34. The number of nitrogens with one attached hydrogen (secondary N) is 1. The van der Waals surface area contributed by atoms with Gasteiger partial charge in [-0.1, -0.05) is 36.4 Å². The van der Waals surface area contributed by atoms with Crippen LogP contribution in [0.15, 0.2) is 53.9 Å². The molecule has 2 heterocycles. The maximum atomic E-state index is 12.9. The smallest absolute Gasteiger partial charge is 0.387 e. The van der Waals surface area contributed by atoms with E-state index < -0.39 is 6.61 Å².